The Kier molecular flexibility index (Phi) is 3.76. The van der Waals surface area contributed by atoms with Crippen molar-refractivity contribution in [2.45, 2.75) is 19.9 Å². The molecule has 1 aromatic carbocycles. The van der Waals surface area contributed by atoms with Crippen molar-refractivity contribution in [2.24, 2.45) is 7.05 Å². The van der Waals surface area contributed by atoms with E-state index in [0.29, 0.717) is 22.5 Å². The third kappa shape index (κ3) is 2.57. The highest BCUT2D eigenvalue weighted by molar-refractivity contribution is 6.23. The van der Waals surface area contributed by atoms with Gasteiger partial charge in [-0.15, -0.1) is 0 Å². The molecule has 1 atom stereocenters. The lowest BCUT2D eigenvalue weighted by Crippen LogP contribution is -2.45. The minimum absolute atomic E-state index is 0.316. The van der Waals surface area contributed by atoms with Crippen LogP contribution in [-0.4, -0.2) is 43.4 Å². The standard InChI is InChI=1S/C19H17N5O3/c1-10-15-8-12(9-20-16(15)23(3)22-10)21-17(25)11(2)24-18(26)13-6-4-5-7-14(13)19(24)27/h4-9,11H,1-3H3,(H,21,25)/t11-/m1/s1. The Bertz CT molecular complexity index is 1080. The van der Waals surface area contributed by atoms with E-state index in [-0.39, 0.29) is 0 Å². The number of hydrogen-bond acceptors (Lipinski definition) is 5. The van der Waals surface area contributed by atoms with Crippen molar-refractivity contribution in [1.29, 1.82) is 0 Å². The summed E-state index contributed by atoms with van der Waals surface area (Å²) in [6, 6.07) is 7.37. The molecular weight excluding hydrogens is 346 g/mol. The lowest BCUT2D eigenvalue weighted by Gasteiger charge is -2.21. The van der Waals surface area contributed by atoms with E-state index in [2.05, 4.69) is 15.4 Å². The van der Waals surface area contributed by atoms with Crippen LogP contribution >= 0.6 is 0 Å². The van der Waals surface area contributed by atoms with E-state index in [1.165, 1.54) is 13.1 Å². The summed E-state index contributed by atoms with van der Waals surface area (Å²) in [4.78, 5) is 43.0. The second kappa shape index (κ2) is 6.01. The van der Waals surface area contributed by atoms with Gasteiger partial charge in [0.1, 0.15) is 6.04 Å². The molecule has 8 heteroatoms. The molecule has 0 bridgehead atoms. The normalized spacial score (nSPS) is 14.6. The molecule has 1 aliphatic rings. The molecule has 0 radical (unpaired) electrons. The number of nitrogens with one attached hydrogen (secondary N) is 1. The molecule has 4 rings (SSSR count). The fourth-order valence-corrected chi connectivity index (χ4v) is 3.30. The number of anilines is 1. The van der Waals surface area contributed by atoms with Gasteiger partial charge in [0.25, 0.3) is 11.8 Å². The molecular formula is C19H17N5O3. The summed E-state index contributed by atoms with van der Waals surface area (Å²) in [6.45, 7) is 3.38. The van der Waals surface area contributed by atoms with Crippen LogP contribution in [0.25, 0.3) is 11.0 Å². The quantitative estimate of drug-likeness (QED) is 0.717. The van der Waals surface area contributed by atoms with Crippen LogP contribution in [-0.2, 0) is 11.8 Å². The average molecular weight is 363 g/mol. The smallest absolute Gasteiger partial charge is 0.262 e. The third-order valence-electron chi connectivity index (χ3n) is 4.72. The van der Waals surface area contributed by atoms with E-state index in [1.807, 2.05) is 6.92 Å². The molecule has 0 fully saturated rings. The van der Waals surface area contributed by atoms with Crippen molar-refractivity contribution in [3.05, 3.63) is 53.3 Å². The highest BCUT2D eigenvalue weighted by Gasteiger charge is 2.40. The van der Waals surface area contributed by atoms with Crippen LogP contribution < -0.4 is 5.32 Å². The van der Waals surface area contributed by atoms with Gasteiger partial charge in [-0.3, -0.25) is 24.0 Å². The Morgan fingerprint density at radius 2 is 1.78 bits per heavy atom. The second-order valence-electron chi connectivity index (χ2n) is 6.50. The van der Waals surface area contributed by atoms with Crippen molar-refractivity contribution in [3.63, 3.8) is 0 Å². The first kappa shape index (κ1) is 16.9. The zero-order valence-corrected chi connectivity index (χ0v) is 15.1. The second-order valence-corrected chi connectivity index (χ2v) is 6.50. The molecule has 1 N–H and O–H groups in total. The molecule has 0 saturated heterocycles. The van der Waals surface area contributed by atoms with Gasteiger partial charge in [-0.1, -0.05) is 12.1 Å². The number of aromatic nitrogens is 3. The zero-order valence-electron chi connectivity index (χ0n) is 15.1. The summed E-state index contributed by atoms with van der Waals surface area (Å²) in [5.41, 5.74) is 2.61. The monoisotopic (exact) mass is 363 g/mol. The fraction of sp³-hybridized carbons (Fsp3) is 0.211. The van der Waals surface area contributed by atoms with Gasteiger partial charge in [-0.2, -0.15) is 5.10 Å². The predicted octanol–water partition coefficient (Wildman–Crippen LogP) is 1.90. The molecule has 3 aromatic rings. The average Bonchev–Trinajstić information content (AvgIpc) is 3.08. The number of fused-ring (bicyclic) bond motifs is 2. The highest BCUT2D eigenvalue weighted by atomic mass is 16.2. The molecule has 0 spiro atoms. The first-order valence-electron chi connectivity index (χ1n) is 8.45. The number of hydrogen-bond donors (Lipinski definition) is 1. The summed E-state index contributed by atoms with van der Waals surface area (Å²) in [7, 11) is 1.80. The maximum Gasteiger partial charge on any atom is 0.262 e. The van der Waals surface area contributed by atoms with E-state index in [4.69, 9.17) is 0 Å². The van der Waals surface area contributed by atoms with Crippen LogP contribution in [0.1, 0.15) is 33.3 Å². The summed E-state index contributed by atoms with van der Waals surface area (Å²) < 4.78 is 1.66. The van der Waals surface area contributed by atoms with Crippen LogP contribution in [0.15, 0.2) is 36.5 Å². The predicted molar refractivity (Wildman–Crippen MR) is 98.3 cm³/mol. The first-order chi connectivity index (χ1) is 12.9. The summed E-state index contributed by atoms with van der Waals surface area (Å²) in [6.07, 6.45) is 1.52. The van der Waals surface area contributed by atoms with E-state index >= 15 is 0 Å². The number of aryl methyl sites for hydroxylation is 2. The Balaban J connectivity index is 1.58. The Labute approximate surface area is 154 Å². The number of rotatable bonds is 3. The number of carbonyl (C=O) groups is 3. The van der Waals surface area contributed by atoms with Crippen molar-refractivity contribution in [2.75, 3.05) is 5.32 Å². The van der Waals surface area contributed by atoms with Gasteiger partial charge >= 0.3 is 0 Å². The molecule has 0 unspecified atom stereocenters. The van der Waals surface area contributed by atoms with E-state index < -0.39 is 23.8 Å². The van der Waals surface area contributed by atoms with E-state index in [0.717, 1.165) is 16.0 Å². The Hall–Kier alpha value is -3.55. The SMILES string of the molecule is Cc1nn(C)c2ncc(NC(=O)[C@@H](C)N3C(=O)c4ccccc4C3=O)cc12. The first-order valence-corrected chi connectivity index (χ1v) is 8.45. The van der Waals surface area contributed by atoms with Crippen molar-refractivity contribution >= 4 is 34.4 Å². The third-order valence-corrected chi connectivity index (χ3v) is 4.72. The molecule has 0 saturated carbocycles. The van der Waals surface area contributed by atoms with Crippen LogP contribution in [0.5, 0.6) is 0 Å². The summed E-state index contributed by atoms with van der Waals surface area (Å²) in [5.74, 6) is -1.39. The number of carbonyl (C=O) groups excluding carboxylic acids is 3. The highest BCUT2D eigenvalue weighted by Crippen LogP contribution is 2.25. The van der Waals surface area contributed by atoms with E-state index in [1.54, 1.807) is 42.1 Å². The molecule has 3 heterocycles. The number of imide groups is 1. The van der Waals surface area contributed by atoms with Crippen molar-refractivity contribution in [3.8, 4) is 0 Å². The number of benzene rings is 1. The van der Waals surface area contributed by atoms with Gasteiger partial charge in [-0.25, -0.2) is 4.98 Å². The molecule has 27 heavy (non-hydrogen) atoms. The number of amides is 3. The lowest BCUT2D eigenvalue weighted by molar-refractivity contribution is -0.119. The maximum atomic E-state index is 12.7. The topological polar surface area (TPSA) is 97.2 Å². The summed E-state index contributed by atoms with van der Waals surface area (Å²) in [5, 5.41) is 7.85. The van der Waals surface area contributed by atoms with Gasteiger partial charge < -0.3 is 5.32 Å². The van der Waals surface area contributed by atoms with Crippen LogP contribution in [0.3, 0.4) is 0 Å². The Morgan fingerprint density at radius 3 is 2.41 bits per heavy atom. The van der Waals surface area contributed by atoms with Crippen LogP contribution in [0.4, 0.5) is 5.69 Å². The van der Waals surface area contributed by atoms with Gasteiger partial charge in [0.15, 0.2) is 5.65 Å². The van der Waals surface area contributed by atoms with Gasteiger partial charge in [0, 0.05) is 12.4 Å². The number of pyridine rings is 1. The van der Waals surface area contributed by atoms with Crippen LogP contribution in [0.2, 0.25) is 0 Å². The molecule has 3 amide bonds. The maximum absolute atomic E-state index is 12.7. The van der Waals surface area contributed by atoms with Crippen molar-refractivity contribution < 1.29 is 14.4 Å². The zero-order chi connectivity index (χ0) is 19.3. The fourth-order valence-electron chi connectivity index (χ4n) is 3.30. The molecule has 136 valence electrons. The van der Waals surface area contributed by atoms with Gasteiger partial charge in [0.2, 0.25) is 5.91 Å². The molecule has 2 aromatic heterocycles. The van der Waals surface area contributed by atoms with Gasteiger partial charge in [-0.05, 0) is 32.0 Å². The minimum atomic E-state index is -0.955. The molecule has 1 aliphatic heterocycles. The minimum Gasteiger partial charge on any atom is -0.323 e. The lowest BCUT2D eigenvalue weighted by atomic mass is 10.1. The molecule has 0 aliphatic carbocycles. The van der Waals surface area contributed by atoms with Crippen molar-refractivity contribution in [1.82, 2.24) is 19.7 Å². The number of nitrogens with zero attached hydrogens (tertiary/aromatic N) is 4. The Morgan fingerprint density at radius 1 is 1.15 bits per heavy atom. The van der Waals surface area contributed by atoms with E-state index in [9.17, 15) is 14.4 Å². The van der Waals surface area contributed by atoms with Crippen LogP contribution in [0, 0.1) is 6.92 Å². The van der Waals surface area contributed by atoms with Gasteiger partial charge in [0.05, 0.1) is 28.7 Å². The largest absolute Gasteiger partial charge is 0.323 e. The summed E-state index contributed by atoms with van der Waals surface area (Å²) >= 11 is 0. The molecule has 8 nitrogen and oxygen atoms in total.